The molecule has 0 aliphatic heterocycles. The van der Waals surface area contributed by atoms with Crippen LogP contribution in [0.25, 0.3) is 0 Å². The van der Waals surface area contributed by atoms with Gasteiger partial charge >= 0.3 is 0 Å². The van der Waals surface area contributed by atoms with Crippen molar-refractivity contribution in [3.8, 4) is 0 Å². The maximum Gasteiger partial charge on any atom is 0.0638 e. The van der Waals surface area contributed by atoms with E-state index in [0.29, 0.717) is 24.3 Å². The fourth-order valence-corrected chi connectivity index (χ4v) is 1.66. The van der Waals surface area contributed by atoms with E-state index in [1.807, 2.05) is 0 Å². The van der Waals surface area contributed by atoms with Gasteiger partial charge in [-0.25, -0.2) is 0 Å². The highest BCUT2D eigenvalue weighted by atomic mass is 32.1. The van der Waals surface area contributed by atoms with Crippen molar-refractivity contribution < 1.29 is 10.2 Å². The summed E-state index contributed by atoms with van der Waals surface area (Å²) in [5, 5.41) is 18.4. The zero-order valence-electron chi connectivity index (χ0n) is 6.80. The van der Waals surface area contributed by atoms with Crippen molar-refractivity contribution in [1.29, 1.82) is 0 Å². The molecule has 74 valence electrons. The Hall–Kier alpha value is 0.970. The summed E-state index contributed by atoms with van der Waals surface area (Å²) in [6.45, 7) is 0. The number of thiol groups is 3. The van der Waals surface area contributed by atoms with Gasteiger partial charge in [-0.05, 0) is 12.8 Å². The third-order valence-corrected chi connectivity index (χ3v) is 2.77. The second kappa shape index (κ2) is 7.38. The number of rotatable bonds is 6. The Labute approximate surface area is 90.0 Å². The minimum Gasteiger partial charge on any atom is -0.392 e. The lowest BCUT2D eigenvalue weighted by atomic mass is 10.1. The summed E-state index contributed by atoms with van der Waals surface area (Å²) in [6.07, 6.45) is 0.278. The van der Waals surface area contributed by atoms with Crippen molar-refractivity contribution in [3.05, 3.63) is 0 Å². The van der Waals surface area contributed by atoms with E-state index in [1.54, 1.807) is 0 Å². The second-order valence-corrected chi connectivity index (χ2v) is 4.26. The van der Waals surface area contributed by atoms with Gasteiger partial charge < -0.3 is 10.2 Å². The molecule has 0 aliphatic carbocycles. The van der Waals surface area contributed by atoms with Crippen LogP contribution in [0.4, 0.5) is 0 Å². The standard InChI is InChI=1S/C7H16O2S3/c8-5(3-10)1-7(12)2-6(9)4-11/h5-12H,1-4H2. The molecule has 5 heteroatoms. The number of aliphatic hydroxyl groups is 2. The van der Waals surface area contributed by atoms with Gasteiger partial charge in [0.25, 0.3) is 0 Å². The number of aliphatic hydroxyl groups excluding tert-OH is 2. The Morgan fingerprint density at radius 3 is 1.50 bits per heavy atom. The van der Waals surface area contributed by atoms with E-state index in [0.717, 1.165) is 0 Å². The molecule has 2 nitrogen and oxygen atoms in total. The molecule has 12 heavy (non-hydrogen) atoms. The zero-order valence-corrected chi connectivity index (χ0v) is 9.48. The summed E-state index contributed by atoms with van der Waals surface area (Å²) in [4.78, 5) is 0. The second-order valence-electron chi connectivity index (χ2n) is 2.80. The molecule has 2 N–H and O–H groups in total. The highest BCUT2D eigenvalue weighted by molar-refractivity contribution is 7.81. The fraction of sp³-hybridized carbons (Fsp3) is 1.00. The molecule has 0 rings (SSSR count). The van der Waals surface area contributed by atoms with Crippen LogP contribution in [0.2, 0.25) is 0 Å². The molecule has 2 atom stereocenters. The van der Waals surface area contributed by atoms with Crippen LogP contribution in [-0.2, 0) is 0 Å². The SMILES string of the molecule is OC(CS)CC(S)CC(O)CS. The van der Waals surface area contributed by atoms with Gasteiger partial charge in [0.2, 0.25) is 0 Å². The first-order valence-corrected chi connectivity index (χ1v) is 5.64. The third kappa shape index (κ3) is 6.48. The van der Waals surface area contributed by atoms with Crippen molar-refractivity contribution in [2.75, 3.05) is 11.5 Å². The molecule has 0 bridgehead atoms. The third-order valence-electron chi connectivity index (χ3n) is 1.51. The van der Waals surface area contributed by atoms with Crippen molar-refractivity contribution >= 4 is 37.9 Å². The van der Waals surface area contributed by atoms with Crippen molar-refractivity contribution in [1.82, 2.24) is 0 Å². The van der Waals surface area contributed by atoms with Gasteiger partial charge in [0.05, 0.1) is 12.2 Å². The summed E-state index contributed by atoms with van der Waals surface area (Å²) < 4.78 is 0. The maximum absolute atomic E-state index is 9.19. The van der Waals surface area contributed by atoms with E-state index in [1.165, 1.54) is 0 Å². The van der Waals surface area contributed by atoms with E-state index in [4.69, 9.17) is 0 Å². The zero-order chi connectivity index (χ0) is 9.56. The first kappa shape index (κ1) is 13.0. The highest BCUT2D eigenvalue weighted by Gasteiger charge is 2.13. The fourth-order valence-electron chi connectivity index (χ4n) is 0.873. The Morgan fingerprint density at radius 2 is 1.25 bits per heavy atom. The lowest BCUT2D eigenvalue weighted by Gasteiger charge is -2.16. The summed E-state index contributed by atoms with van der Waals surface area (Å²) in [5.74, 6) is 0.877. The summed E-state index contributed by atoms with van der Waals surface area (Å²) in [6, 6.07) is 0. The van der Waals surface area contributed by atoms with E-state index in [-0.39, 0.29) is 5.25 Å². The molecule has 0 radical (unpaired) electrons. The Kier molecular flexibility index (Phi) is 7.98. The van der Waals surface area contributed by atoms with Crippen LogP contribution in [0.15, 0.2) is 0 Å². The summed E-state index contributed by atoms with van der Waals surface area (Å²) in [7, 11) is 0. The maximum atomic E-state index is 9.19. The van der Waals surface area contributed by atoms with Gasteiger partial charge in [-0.2, -0.15) is 37.9 Å². The van der Waals surface area contributed by atoms with E-state index in [9.17, 15) is 10.2 Å². The van der Waals surface area contributed by atoms with Crippen LogP contribution in [-0.4, -0.2) is 39.2 Å². The molecular weight excluding hydrogens is 212 g/mol. The predicted octanol–water partition coefficient (Wildman–Crippen LogP) is 0.646. The molecule has 2 unspecified atom stereocenters. The molecule has 0 aliphatic rings. The lowest BCUT2D eigenvalue weighted by Crippen LogP contribution is -2.21. The minimum absolute atomic E-state index is 0.0225. The number of hydrogen-bond donors (Lipinski definition) is 5. The average molecular weight is 228 g/mol. The van der Waals surface area contributed by atoms with Gasteiger partial charge in [0, 0.05) is 16.8 Å². The van der Waals surface area contributed by atoms with E-state index >= 15 is 0 Å². The quantitative estimate of drug-likeness (QED) is 0.433. The molecule has 0 saturated heterocycles. The van der Waals surface area contributed by atoms with Crippen molar-refractivity contribution in [3.63, 3.8) is 0 Å². The molecule has 0 heterocycles. The van der Waals surface area contributed by atoms with Gasteiger partial charge in [-0.3, -0.25) is 0 Å². The van der Waals surface area contributed by atoms with Crippen LogP contribution in [0, 0.1) is 0 Å². The van der Waals surface area contributed by atoms with E-state index in [2.05, 4.69) is 37.9 Å². The van der Waals surface area contributed by atoms with Crippen molar-refractivity contribution in [2.45, 2.75) is 30.3 Å². The normalized spacial score (nSPS) is 18.8. The lowest BCUT2D eigenvalue weighted by molar-refractivity contribution is 0.161. The molecule has 0 aromatic rings. The first-order chi connectivity index (χ1) is 5.60. The minimum atomic E-state index is -0.428. The van der Waals surface area contributed by atoms with Crippen LogP contribution in [0.1, 0.15) is 12.8 Å². The average Bonchev–Trinajstić information content (AvgIpc) is 2.03. The monoisotopic (exact) mass is 228 g/mol. The smallest absolute Gasteiger partial charge is 0.0638 e. The van der Waals surface area contributed by atoms with Crippen LogP contribution < -0.4 is 0 Å². The predicted molar refractivity (Wildman–Crippen MR) is 61.7 cm³/mol. The first-order valence-electron chi connectivity index (χ1n) is 3.86. The summed E-state index contributed by atoms with van der Waals surface area (Å²) in [5.41, 5.74) is 0. The topological polar surface area (TPSA) is 40.5 Å². The Bertz CT molecular complexity index is 101. The molecule has 0 spiro atoms. The molecule has 0 amide bonds. The molecular formula is C7H16O2S3. The van der Waals surface area contributed by atoms with Crippen molar-refractivity contribution in [2.24, 2.45) is 0 Å². The van der Waals surface area contributed by atoms with Crippen LogP contribution in [0.5, 0.6) is 0 Å². The number of hydrogen-bond acceptors (Lipinski definition) is 5. The van der Waals surface area contributed by atoms with E-state index < -0.39 is 12.2 Å². The van der Waals surface area contributed by atoms with Crippen LogP contribution in [0.3, 0.4) is 0 Å². The largest absolute Gasteiger partial charge is 0.392 e. The highest BCUT2D eigenvalue weighted by Crippen LogP contribution is 2.13. The molecule has 0 fully saturated rings. The molecule has 0 aromatic heterocycles. The molecule has 0 saturated carbocycles. The van der Waals surface area contributed by atoms with Gasteiger partial charge in [0.1, 0.15) is 0 Å². The molecule has 0 aromatic carbocycles. The Balaban J connectivity index is 3.51. The Morgan fingerprint density at radius 1 is 0.917 bits per heavy atom. The van der Waals surface area contributed by atoms with Gasteiger partial charge in [-0.15, -0.1) is 0 Å². The van der Waals surface area contributed by atoms with Gasteiger partial charge in [-0.1, -0.05) is 0 Å². The van der Waals surface area contributed by atoms with Gasteiger partial charge in [0.15, 0.2) is 0 Å². The van der Waals surface area contributed by atoms with Crippen LogP contribution >= 0.6 is 37.9 Å². The summed E-state index contributed by atoms with van der Waals surface area (Å²) >= 11 is 12.1.